The first kappa shape index (κ1) is 40.1. The standard InChI is InChI=1S/C18H36O2.C17H34O2/c1-17(2)15-13-11-9-7-5-3-4-6-8-10-12-14-16-18(19)20;1-2-3-4-5-6-7-8-9-10-11-12-13-14-15-16-17(18)19/h17H,3-16H2,1-2H3,(H,19,20);2-16H2,1H3,(H,18,19). The topological polar surface area (TPSA) is 74.6 Å². The minimum Gasteiger partial charge on any atom is -0.481 e. The lowest BCUT2D eigenvalue weighted by molar-refractivity contribution is -0.138. The second-order valence-corrected chi connectivity index (χ2v) is 12.3. The Morgan fingerprint density at radius 1 is 0.410 bits per heavy atom. The minimum atomic E-state index is -0.654. The summed E-state index contributed by atoms with van der Waals surface area (Å²) in [6, 6.07) is 0. The molecular formula is C35H70O4. The molecule has 4 nitrogen and oxygen atoms in total. The molecule has 0 atom stereocenters. The van der Waals surface area contributed by atoms with E-state index in [1.807, 2.05) is 0 Å². The molecule has 0 aliphatic heterocycles. The largest absolute Gasteiger partial charge is 0.481 e. The zero-order valence-corrected chi connectivity index (χ0v) is 26.8. The van der Waals surface area contributed by atoms with Gasteiger partial charge in [-0.1, -0.05) is 181 Å². The van der Waals surface area contributed by atoms with Crippen LogP contribution in [0, 0.1) is 5.92 Å². The summed E-state index contributed by atoms with van der Waals surface area (Å²) in [7, 11) is 0. The highest BCUT2D eigenvalue weighted by Crippen LogP contribution is 2.15. The molecule has 0 saturated carbocycles. The van der Waals surface area contributed by atoms with Crippen LogP contribution >= 0.6 is 0 Å². The second-order valence-electron chi connectivity index (χ2n) is 12.3. The Bertz CT molecular complexity index is 489. The normalized spacial score (nSPS) is 11.0. The molecule has 0 amide bonds. The van der Waals surface area contributed by atoms with Gasteiger partial charge in [-0.15, -0.1) is 0 Å². The van der Waals surface area contributed by atoms with Crippen molar-refractivity contribution >= 4 is 11.9 Å². The Morgan fingerprint density at radius 3 is 0.872 bits per heavy atom. The van der Waals surface area contributed by atoms with E-state index in [2.05, 4.69) is 20.8 Å². The van der Waals surface area contributed by atoms with Crippen LogP contribution in [0.4, 0.5) is 0 Å². The lowest BCUT2D eigenvalue weighted by Crippen LogP contribution is -1.93. The lowest BCUT2D eigenvalue weighted by atomic mass is 10.0. The highest BCUT2D eigenvalue weighted by Gasteiger charge is 1.99. The van der Waals surface area contributed by atoms with Crippen LogP contribution in [0.3, 0.4) is 0 Å². The molecule has 0 aromatic heterocycles. The van der Waals surface area contributed by atoms with E-state index in [1.54, 1.807) is 0 Å². The van der Waals surface area contributed by atoms with Gasteiger partial charge in [0.1, 0.15) is 0 Å². The molecule has 0 fully saturated rings. The number of carboxylic acid groups (broad SMARTS) is 2. The maximum atomic E-state index is 10.3. The van der Waals surface area contributed by atoms with Gasteiger partial charge in [-0.05, 0) is 18.8 Å². The average molecular weight is 555 g/mol. The first-order chi connectivity index (χ1) is 18.9. The van der Waals surface area contributed by atoms with Crippen LogP contribution in [0.1, 0.15) is 207 Å². The van der Waals surface area contributed by atoms with Gasteiger partial charge in [-0.2, -0.15) is 0 Å². The Labute approximate surface area is 244 Å². The van der Waals surface area contributed by atoms with E-state index >= 15 is 0 Å². The number of unbranched alkanes of at least 4 members (excludes halogenated alkanes) is 24. The minimum absolute atomic E-state index is 0.344. The SMILES string of the molecule is CC(C)CCCCCCCCCCCCCCC(=O)O.CCCCCCCCCCCCCCCCC(=O)O. The highest BCUT2D eigenvalue weighted by atomic mass is 16.4. The van der Waals surface area contributed by atoms with Crippen molar-refractivity contribution in [2.75, 3.05) is 0 Å². The van der Waals surface area contributed by atoms with Crippen LogP contribution in [-0.4, -0.2) is 22.2 Å². The van der Waals surface area contributed by atoms with Crippen molar-refractivity contribution in [3.8, 4) is 0 Å². The number of aliphatic carboxylic acids is 2. The third kappa shape index (κ3) is 44.2. The van der Waals surface area contributed by atoms with Gasteiger partial charge in [-0.25, -0.2) is 0 Å². The smallest absolute Gasteiger partial charge is 0.303 e. The zero-order chi connectivity index (χ0) is 29.2. The number of carboxylic acids is 2. The molecule has 0 aliphatic rings. The summed E-state index contributed by atoms with van der Waals surface area (Å²) in [4.78, 5) is 20.7. The third-order valence-corrected chi connectivity index (χ3v) is 7.67. The van der Waals surface area contributed by atoms with Gasteiger partial charge in [0.2, 0.25) is 0 Å². The summed E-state index contributed by atoms with van der Waals surface area (Å²) < 4.78 is 0. The van der Waals surface area contributed by atoms with E-state index in [0.29, 0.717) is 12.8 Å². The summed E-state index contributed by atoms with van der Waals surface area (Å²) in [6.07, 6.45) is 36.1. The molecule has 0 aromatic rings. The molecule has 0 aliphatic carbocycles. The molecule has 0 heterocycles. The van der Waals surface area contributed by atoms with Crippen LogP contribution in [0.5, 0.6) is 0 Å². The van der Waals surface area contributed by atoms with Crippen LogP contribution in [0.2, 0.25) is 0 Å². The second kappa shape index (κ2) is 35.0. The Hall–Kier alpha value is -1.06. The summed E-state index contributed by atoms with van der Waals surface area (Å²) in [6.45, 7) is 6.88. The molecule has 0 unspecified atom stereocenters. The summed E-state index contributed by atoms with van der Waals surface area (Å²) in [5, 5.41) is 17.0. The summed E-state index contributed by atoms with van der Waals surface area (Å²) in [5.74, 6) is -0.442. The van der Waals surface area contributed by atoms with E-state index in [9.17, 15) is 9.59 Å². The Morgan fingerprint density at radius 2 is 0.641 bits per heavy atom. The number of hydrogen-bond acceptors (Lipinski definition) is 2. The lowest BCUT2D eigenvalue weighted by Gasteiger charge is -2.04. The highest BCUT2D eigenvalue weighted by molar-refractivity contribution is 5.66. The van der Waals surface area contributed by atoms with Gasteiger partial charge in [0.05, 0.1) is 0 Å². The molecule has 0 saturated heterocycles. The number of rotatable bonds is 30. The van der Waals surface area contributed by atoms with Gasteiger partial charge >= 0.3 is 11.9 Å². The fourth-order valence-corrected chi connectivity index (χ4v) is 5.07. The fourth-order valence-electron chi connectivity index (χ4n) is 5.07. The quantitative estimate of drug-likeness (QED) is 0.0866. The maximum Gasteiger partial charge on any atom is 0.303 e. The van der Waals surface area contributed by atoms with Crippen molar-refractivity contribution in [3.05, 3.63) is 0 Å². The monoisotopic (exact) mass is 555 g/mol. The maximum absolute atomic E-state index is 10.3. The van der Waals surface area contributed by atoms with E-state index < -0.39 is 11.9 Å². The van der Waals surface area contributed by atoms with Crippen LogP contribution in [0.15, 0.2) is 0 Å². The zero-order valence-electron chi connectivity index (χ0n) is 26.8. The molecular weight excluding hydrogens is 484 g/mol. The number of carbonyl (C=O) groups is 2. The van der Waals surface area contributed by atoms with Crippen LogP contribution in [0.25, 0.3) is 0 Å². The predicted octanol–water partition coefficient (Wildman–Crippen LogP) is 12.1. The van der Waals surface area contributed by atoms with Crippen molar-refractivity contribution in [2.45, 2.75) is 207 Å². The molecule has 0 spiro atoms. The van der Waals surface area contributed by atoms with Crippen molar-refractivity contribution in [2.24, 2.45) is 5.92 Å². The molecule has 4 heteroatoms. The third-order valence-electron chi connectivity index (χ3n) is 7.67. The Balaban J connectivity index is 0. The van der Waals surface area contributed by atoms with Gasteiger partial charge in [0, 0.05) is 12.8 Å². The van der Waals surface area contributed by atoms with Gasteiger partial charge in [-0.3, -0.25) is 9.59 Å². The molecule has 2 N–H and O–H groups in total. The van der Waals surface area contributed by atoms with Crippen LogP contribution in [-0.2, 0) is 9.59 Å². The van der Waals surface area contributed by atoms with Gasteiger partial charge in [0.25, 0.3) is 0 Å². The molecule has 0 bridgehead atoms. The molecule has 234 valence electrons. The first-order valence-corrected chi connectivity index (χ1v) is 17.3. The Kier molecular flexibility index (Phi) is 35.9. The first-order valence-electron chi connectivity index (χ1n) is 17.3. The summed E-state index contributed by atoms with van der Waals surface area (Å²) in [5.41, 5.74) is 0. The molecule has 0 radical (unpaired) electrons. The molecule has 39 heavy (non-hydrogen) atoms. The van der Waals surface area contributed by atoms with Gasteiger partial charge < -0.3 is 10.2 Å². The van der Waals surface area contributed by atoms with Crippen molar-refractivity contribution in [3.63, 3.8) is 0 Å². The van der Waals surface area contributed by atoms with Gasteiger partial charge in [0.15, 0.2) is 0 Å². The number of hydrogen-bond donors (Lipinski definition) is 2. The van der Waals surface area contributed by atoms with Crippen molar-refractivity contribution in [1.29, 1.82) is 0 Å². The van der Waals surface area contributed by atoms with E-state index in [-0.39, 0.29) is 0 Å². The average Bonchev–Trinajstić information content (AvgIpc) is 2.89. The van der Waals surface area contributed by atoms with E-state index in [0.717, 1.165) is 31.6 Å². The predicted molar refractivity (Wildman–Crippen MR) is 170 cm³/mol. The summed E-state index contributed by atoms with van der Waals surface area (Å²) >= 11 is 0. The fraction of sp³-hybridized carbons (Fsp3) is 0.943. The molecule has 0 aromatic carbocycles. The molecule has 0 rings (SSSR count). The van der Waals surface area contributed by atoms with Crippen LogP contribution < -0.4 is 0 Å². The van der Waals surface area contributed by atoms with Crippen molar-refractivity contribution in [1.82, 2.24) is 0 Å². The van der Waals surface area contributed by atoms with Crippen molar-refractivity contribution < 1.29 is 19.8 Å². The van der Waals surface area contributed by atoms with E-state index in [1.165, 1.54) is 148 Å². The van der Waals surface area contributed by atoms with E-state index in [4.69, 9.17) is 10.2 Å².